The highest BCUT2D eigenvalue weighted by molar-refractivity contribution is 5.62. The van der Waals surface area contributed by atoms with Gasteiger partial charge in [0, 0.05) is 24.7 Å². The average Bonchev–Trinajstić information content (AvgIpc) is 2.86. The number of rotatable bonds is 5. The molecular weight excluding hydrogens is 260 g/mol. The second-order valence-corrected chi connectivity index (χ2v) is 6.50. The van der Waals surface area contributed by atoms with E-state index in [1.165, 1.54) is 63.1 Å². The smallest absolute Gasteiger partial charge is 0.119 e. The molecule has 2 aliphatic rings. The summed E-state index contributed by atoms with van der Waals surface area (Å²) in [5.41, 5.74) is 2.96. The third-order valence-electron chi connectivity index (χ3n) is 5.03. The number of piperidine rings is 1. The zero-order valence-electron chi connectivity index (χ0n) is 13.4. The maximum absolute atomic E-state index is 5.44. The van der Waals surface area contributed by atoms with E-state index in [1.807, 2.05) is 0 Å². The molecule has 116 valence electrons. The van der Waals surface area contributed by atoms with Gasteiger partial charge in [-0.2, -0.15) is 0 Å². The van der Waals surface area contributed by atoms with E-state index in [4.69, 9.17) is 4.74 Å². The van der Waals surface area contributed by atoms with Crippen molar-refractivity contribution in [1.29, 1.82) is 0 Å². The minimum absolute atomic E-state index is 0.685. The minimum Gasteiger partial charge on any atom is -0.497 e. The van der Waals surface area contributed by atoms with Gasteiger partial charge in [0.1, 0.15) is 5.75 Å². The molecule has 3 heteroatoms. The maximum atomic E-state index is 5.44. The van der Waals surface area contributed by atoms with Crippen LogP contribution in [0.25, 0.3) is 0 Å². The van der Waals surface area contributed by atoms with Crippen LogP contribution in [0.15, 0.2) is 18.2 Å². The lowest BCUT2D eigenvalue weighted by Crippen LogP contribution is -2.29. The Kier molecular flexibility index (Phi) is 4.69. The zero-order chi connectivity index (χ0) is 14.7. The van der Waals surface area contributed by atoms with Gasteiger partial charge >= 0.3 is 0 Å². The molecule has 1 N–H and O–H groups in total. The Morgan fingerprint density at radius 2 is 2.10 bits per heavy atom. The fraction of sp³-hybridized carbons (Fsp3) is 0.667. The van der Waals surface area contributed by atoms with E-state index in [0.717, 1.165) is 11.7 Å². The average molecular weight is 288 g/mol. The fourth-order valence-electron chi connectivity index (χ4n) is 3.94. The summed E-state index contributed by atoms with van der Waals surface area (Å²) in [5, 5.41) is 3.48. The van der Waals surface area contributed by atoms with E-state index < -0.39 is 0 Å². The van der Waals surface area contributed by atoms with Crippen molar-refractivity contribution in [3.8, 4) is 5.75 Å². The Bertz CT molecular complexity index is 468. The first-order valence-corrected chi connectivity index (χ1v) is 8.45. The number of ether oxygens (including phenoxy) is 1. The van der Waals surface area contributed by atoms with Gasteiger partial charge in [-0.15, -0.1) is 0 Å². The molecule has 1 unspecified atom stereocenters. The van der Waals surface area contributed by atoms with Gasteiger partial charge in [-0.05, 0) is 68.5 Å². The summed E-state index contributed by atoms with van der Waals surface area (Å²) in [6.07, 6.45) is 5.22. The maximum Gasteiger partial charge on any atom is 0.119 e. The molecule has 0 radical (unpaired) electrons. The van der Waals surface area contributed by atoms with Gasteiger partial charge in [0.2, 0.25) is 0 Å². The van der Waals surface area contributed by atoms with Gasteiger partial charge in [-0.25, -0.2) is 0 Å². The molecule has 2 aliphatic heterocycles. The van der Waals surface area contributed by atoms with Gasteiger partial charge in [-0.1, -0.05) is 6.92 Å². The van der Waals surface area contributed by atoms with Gasteiger partial charge in [0.15, 0.2) is 0 Å². The van der Waals surface area contributed by atoms with Crippen LogP contribution in [-0.4, -0.2) is 33.3 Å². The predicted octanol–water partition coefficient (Wildman–Crippen LogP) is 3.40. The lowest BCUT2D eigenvalue weighted by Gasteiger charge is -2.26. The van der Waals surface area contributed by atoms with E-state index in [-0.39, 0.29) is 0 Å². The Labute approximate surface area is 128 Å². The molecule has 3 nitrogen and oxygen atoms in total. The number of methoxy groups -OCH3 is 1. The molecule has 2 heterocycles. The topological polar surface area (TPSA) is 24.5 Å². The van der Waals surface area contributed by atoms with Crippen molar-refractivity contribution in [2.45, 2.75) is 38.5 Å². The number of nitrogens with zero attached hydrogens (tertiary/aromatic N) is 1. The van der Waals surface area contributed by atoms with Gasteiger partial charge in [0.05, 0.1) is 7.11 Å². The summed E-state index contributed by atoms with van der Waals surface area (Å²) in [7, 11) is 1.77. The van der Waals surface area contributed by atoms with Crippen molar-refractivity contribution in [2.24, 2.45) is 5.92 Å². The summed E-state index contributed by atoms with van der Waals surface area (Å²) >= 11 is 0. The highest BCUT2D eigenvalue weighted by Crippen LogP contribution is 2.42. The molecule has 0 spiro atoms. The molecule has 3 rings (SSSR count). The number of fused-ring (bicyclic) bond motifs is 1. The van der Waals surface area contributed by atoms with Crippen molar-refractivity contribution < 1.29 is 4.74 Å². The highest BCUT2D eigenvalue weighted by Gasteiger charge is 2.30. The van der Waals surface area contributed by atoms with E-state index in [2.05, 4.69) is 35.3 Å². The second-order valence-electron chi connectivity index (χ2n) is 6.50. The summed E-state index contributed by atoms with van der Waals surface area (Å²) < 4.78 is 5.44. The van der Waals surface area contributed by atoms with Crippen LogP contribution >= 0.6 is 0 Å². The highest BCUT2D eigenvalue weighted by atomic mass is 16.5. The largest absolute Gasteiger partial charge is 0.497 e. The molecule has 0 aromatic heterocycles. The number of benzene rings is 1. The number of nitrogens with one attached hydrogen (secondary N) is 1. The molecular formula is C18H28N2O. The summed E-state index contributed by atoms with van der Waals surface area (Å²) in [4.78, 5) is 2.57. The Balaban J connectivity index is 1.78. The van der Waals surface area contributed by atoms with Crippen LogP contribution in [0.5, 0.6) is 5.75 Å². The van der Waals surface area contributed by atoms with Crippen molar-refractivity contribution in [3.63, 3.8) is 0 Å². The van der Waals surface area contributed by atoms with Crippen LogP contribution in [0.1, 0.15) is 44.1 Å². The molecule has 0 saturated carbocycles. The molecule has 1 fully saturated rings. The fourth-order valence-corrected chi connectivity index (χ4v) is 3.94. The van der Waals surface area contributed by atoms with Crippen LogP contribution in [-0.2, 0) is 0 Å². The summed E-state index contributed by atoms with van der Waals surface area (Å²) in [6, 6.07) is 6.64. The van der Waals surface area contributed by atoms with Gasteiger partial charge in [-0.3, -0.25) is 0 Å². The van der Waals surface area contributed by atoms with E-state index in [9.17, 15) is 0 Å². The van der Waals surface area contributed by atoms with Crippen LogP contribution in [0.3, 0.4) is 0 Å². The molecule has 1 aromatic carbocycles. The standard InChI is InChI=1S/C18H28N2O/c1-3-10-20-13-15(11-14-6-8-19-9-7-14)17-12-16(21-2)4-5-18(17)20/h4-5,12,14-15,19H,3,6-11,13H2,1-2H3. The molecule has 0 amide bonds. The lowest BCUT2D eigenvalue weighted by molar-refractivity contribution is 0.334. The molecule has 0 aliphatic carbocycles. The molecule has 21 heavy (non-hydrogen) atoms. The molecule has 1 atom stereocenters. The Morgan fingerprint density at radius 1 is 1.29 bits per heavy atom. The minimum atomic E-state index is 0.685. The number of hydrogen-bond acceptors (Lipinski definition) is 3. The molecule has 0 bridgehead atoms. The monoisotopic (exact) mass is 288 g/mol. The quantitative estimate of drug-likeness (QED) is 0.898. The Morgan fingerprint density at radius 3 is 2.81 bits per heavy atom. The number of hydrogen-bond donors (Lipinski definition) is 1. The van der Waals surface area contributed by atoms with Gasteiger partial charge < -0.3 is 15.0 Å². The normalized spacial score (nSPS) is 22.4. The second kappa shape index (κ2) is 6.69. The van der Waals surface area contributed by atoms with Crippen molar-refractivity contribution >= 4 is 5.69 Å². The van der Waals surface area contributed by atoms with Gasteiger partial charge in [0.25, 0.3) is 0 Å². The first-order valence-electron chi connectivity index (χ1n) is 8.45. The van der Waals surface area contributed by atoms with E-state index in [1.54, 1.807) is 7.11 Å². The van der Waals surface area contributed by atoms with Crippen LogP contribution < -0.4 is 15.0 Å². The first-order chi connectivity index (χ1) is 10.3. The molecule has 1 saturated heterocycles. The van der Waals surface area contributed by atoms with E-state index in [0.29, 0.717) is 5.92 Å². The SMILES string of the molecule is CCCN1CC(CC2CCNCC2)c2cc(OC)ccc21. The zero-order valence-corrected chi connectivity index (χ0v) is 13.4. The lowest BCUT2D eigenvalue weighted by atomic mass is 9.85. The first kappa shape index (κ1) is 14.7. The predicted molar refractivity (Wildman–Crippen MR) is 88.4 cm³/mol. The molecule has 1 aromatic rings. The van der Waals surface area contributed by atoms with E-state index >= 15 is 0 Å². The van der Waals surface area contributed by atoms with Crippen LogP contribution in [0.4, 0.5) is 5.69 Å². The number of anilines is 1. The summed E-state index contributed by atoms with van der Waals surface area (Å²) in [6.45, 7) is 7.02. The summed E-state index contributed by atoms with van der Waals surface area (Å²) in [5.74, 6) is 2.57. The van der Waals surface area contributed by atoms with Crippen molar-refractivity contribution in [3.05, 3.63) is 23.8 Å². The van der Waals surface area contributed by atoms with Crippen molar-refractivity contribution in [2.75, 3.05) is 38.2 Å². The van der Waals surface area contributed by atoms with Crippen LogP contribution in [0, 0.1) is 5.92 Å². The van der Waals surface area contributed by atoms with Crippen LogP contribution in [0.2, 0.25) is 0 Å². The van der Waals surface area contributed by atoms with Crippen molar-refractivity contribution in [1.82, 2.24) is 5.32 Å². The third-order valence-corrected chi connectivity index (χ3v) is 5.03. The Hall–Kier alpha value is -1.22. The third kappa shape index (κ3) is 3.18.